The van der Waals surface area contributed by atoms with Gasteiger partial charge in [-0.1, -0.05) is 76.3 Å². The first kappa shape index (κ1) is 25.0. The van der Waals surface area contributed by atoms with Gasteiger partial charge in [-0.2, -0.15) is 0 Å². The predicted molar refractivity (Wildman–Crippen MR) is 134 cm³/mol. The van der Waals surface area contributed by atoms with Crippen molar-refractivity contribution < 1.29 is 9.53 Å². The smallest absolute Gasteiger partial charge is 0.334 e. The minimum atomic E-state index is -0.383. The number of unbranched alkanes of at least 4 members (excludes halogenated alkanes) is 2. The quantitative estimate of drug-likeness (QED) is 0.231. The number of rotatable bonds is 11. The highest BCUT2D eigenvalue weighted by molar-refractivity contribution is 5.88. The third-order valence-electron chi connectivity index (χ3n) is 8.16. The lowest BCUT2D eigenvalue weighted by Gasteiger charge is -2.38. The van der Waals surface area contributed by atoms with Crippen LogP contribution >= 0.6 is 0 Å². The Balaban J connectivity index is 1.36. The number of esters is 1. The summed E-state index contributed by atoms with van der Waals surface area (Å²) in [5.41, 5.74) is 8.45. The van der Waals surface area contributed by atoms with Crippen LogP contribution in [0.15, 0.2) is 36.4 Å². The Kier molecular flexibility index (Phi) is 10.3. The van der Waals surface area contributed by atoms with Crippen molar-refractivity contribution in [3.8, 4) is 0 Å². The van der Waals surface area contributed by atoms with Crippen molar-refractivity contribution in [3.05, 3.63) is 47.5 Å². The first-order valence-corrected chi connectivity index (χ1v) is 13.2. The summed E-state index contributed by atoms with van der Waals surface area (Å²) in [6, 6.07) is 8.99. The number of hydrogen-bond donors (Lipinski definition) is 1. The number of carbonyl (C=O) groups is 1. The maximum absolute atomic E-state index is 11.6. The van der Waals surface area contributed by atoms with Gasteiger partial charge in [-0.25, -0.2) is 4.79 Å². The van der Waals surface area contributed by atoms with E-state index >= 15 is 0 Å². The van der Waals surface area contributed by atoms with Crippen LogP contribution in [0.3, 0.4) is 0 Å². The van der Waals surface area contributed by atoms with E-state index < -0.39 is 0 Å². The molecule has 0 spiro atoms. The molecule has 0 heterocycles. The van der Waals surface area contributed by atoms with Gasteiger partial charge in [0.05, 0.1) is 6.61 Å². The average Bonchev–Trinajstić information content (AvgIpc) is 2.84. The maximum atomic E-state index is 11.6. The molecule has 178 valence electrons. The molecule has 2 aliphatic carbocycles. The highest BCUT2D eigenvalue weighted by Crippen LogP contribution is 2.44. The van der Waals surface area contributed by atoms with Crippen molar-refractivity contribution in [2.45, 2.75) is 96.3 Å². The van der Waals surface area contributed by atoms with Gasteiger partial charge in [0.15, 0.2) is 0 Å². The van der Waals surface area contributed by atoms with E-state index in [1.165, 1.54) is 88.2 Å². The molecule has 1 aromatic carbocycles. The van der Waals surface area contributed by atoms with Crippen molar-refractivity contribution >= 4 is 5.97 Å². The normalized spacial score (nSPS) is 25.9. The first-order chi connectivity index (χ1) is 15.6. The number of hydrogen-bond acceptors (Lipinski definition) is 3. The molecule has 0 unspecified atom stereocenters. The van der Waals surface area contributed by atoms with Gasteiger partial charge in [-0.3, -0.25) is 0 Å². The van der Waals surface area contributed by atoms with E-state index in [4.69, 9.17) is 10.5 Å². The second-order valence-corrected chi connectivity index (χ2v) is 10.3. The van der Waals surface area contributed by atoms with Gasteiger partial charge in [-0.05, 0) is 73.3 Å². The van der Waals surface area contributed by atoms with Crippen LogP contribution in [-0.2, 0) is 16.0 Å². The standard InChI is InChI=1S/C29H45NO2/c1-3-4-5-6-23-7-11-25(12-8-23)27-15-17-28(18-16-27)26-13-9-24(10-14-26)19-20-32-29(31)22(2)21-30/h9-10,13-14,23,25,27-28H,2-8,11-12,15-21,30H2,1H3. The van der Waals surface area contributed by atoms with Crippen LogP contribution in [-0.4, -0.2) is 19.1 Å². The molecule has 1 aromatic rings. The minimum absolute atomic E-state index is 0.149. The molecule has 0 saturated heterocycles. The zero-order chi connectivity index (χ0) is 22.8. The molecule has 2 aliphatic rings. The van der Waals surface area contributed by atoms with E-state index in [1.807, 2.05) is 0 Å². The summed E-state index contributed by atoms with van der Waals surface area (Å²) >= 11 is 0. The fourth-order valence-electron chi connectivity index (χ4n) is 5.96. The van der Waals surface area contributed by atoms with Crippen molar-refractivity contribution in [2.75, 3.05) is 13.2 Å². The van der Waals surface area contributed by atoms with E-state index in [0.29, 0.717) is 12.2 Å². The zero-order valence-electron chi connectivity index (χ0n) is 20.3. The second kappa shape index (κ2) is 13.2. The molecule has 3 rings (SSSR count). The van der Waals surface area contributed by atoms with Gasteiger partial charge in [0.25, 0.3) is 0 Å². The first-order valence-electron chi connectivity index (χ1n) is 13.2. The fraction of sp³-hybridized carbons (Fsp3) is 0.690. The molecular formula is C29H45NO2. The van der Waals surface area contributed by atoms with Crippen LogP contribution in [0.4, 0.5) is 0 Å². The highest BCUT2D eigenvalue weighted by Gasteiger charge is 2.31. The summed E-state index contributed by atoms with van der Waals surface area (Å²) in [5.74, 6) is 3.33. The summed E-state index contributed by atoms with van der Waals surface area (Å²) in [5, 5.41) is 0. The third kappa shape index (κ3) is 7.47. The Hall–Kier alpha value is -1.61. The number of benzene rings is 1. The molecule has 2 N–H and O–H groups in total. The van der Waals surface area contributed by atoms with E-state index in [-0.39, 0.29) is 12.5 Å². The Bertz CT molecular complexity index is 694. The Labute approximate surface area is 196 Å². The van der Waals surface area contributed by atoms with Crippen LogP contribution in [0.5, 0.6) is 0 Å². The van der Waals surface area contributed by atoms with Crippen LogP contribution in [0.25, 0.3) is 0 Å². The molecule has 3 heteroatoms. The molecule has 3 nitrogen and oxygen atoms in total. The molecular weight excluding hydrogens is 394 g/mol. The topological polar surface area (TPSA) is 52.3 Å². The second-order valence-electron chi connectivity index (χ2n) is 10.3. The van der Waals surface area contributed by atoms with E-state index in [1.54, 1.807) is 0 Å². The van der Waals surface area contributed by atoms with E-state index in [2.05, 4.69) is 37.8 Å². The monoisotopic (exact) mass is 439 g/mol. The predicted octanol–water partition coefficient (Wildman–Crippen LogP) is 6.95. The largest absolute Gasteiger partial charge is 0.462 e. The average molecular weight is 440 g/mol. The van der Waals surface area contributed by atoms with Gasteiger partial charge >= 0.3 is 5.97 Å². The minimum Gasteiger partial charge on any atom is -0.462 e. The van der Waals surface area contributed by atoms with Gasteiger partial charge in [0, 0.05) is 18.5 Å². The van der Waals surface area contributed by atoms with Crippen LogP contribution < -0.4 is 5.73 Å². The highest BCUT2D eigenvalue weighted by atomic mass is 16.5. The molecule has 32 heavy (non-hydrogen) atoms. The van der Waals surface area contributed by atoms with Crippen LogP contribution in [0.1, 0.15) is 101 Å². The van der Waals surface area contributed by atoms with Gasteiger partial charge in [-0.15, -0.1) is 0 Å². The molecule has 0 radical (unpaired) electrons. The van der Waals surface area contributed by atoms with Crippen molar-refractivity contribution in [3.63, 3.8) is 0 Å². The lowest BCUT2D eigenvalue weighted by atomic mass is 9.68. The molecule has 2 fully saturated rings. The molecule has 0 atom stereocenters. The van der Waals surface area contributed by atoms with Crippen LogP contribution in [0, 0.1) is 17.8 Å². The Morgan fingerprint density at radius 1 is 0.969 bits per heavy atom. The summed E-state index contributed by atoms with van der Waals surface area (Å²) in [7, 11) is 0. The lowest BCUT2D eigenvalue weighted by Crippen LogP contribution is -2.25. The van der Waals surface area contributed by atoms with Gasteiger partial charge in [0.1, 0.15) is 0 Å². The molecule has 0 amide bonds. The van der Waals surface area contributed by atoms with E-state index in [0.717, 1.165) is 30.1 Å². The van der Waals surface area contributed by atoms with Crippen LogP contribution in [0.2, 0.25) is 0 Å². The summed E-state index contributed by atoms with van der Waals surface area (Å²) in [6.45, 7) is 6.45. The van der Waals surface area contributed by atoms with Gasteiger partial charge < -0.3 is 10.5 Å². The Morgan fingerprint density at radius 2 is 1.59 bits per heavy atom. The third-order valence-corrected chi connectivity index (χ3v) is 8.16. The van der Waals surface area contributed by atoms with Crippen molar-refractivity contribution in [1.82, 2.24) is 0 Å². The molecule has 2 saturated carbocycles. The zero-order valence-corrected chi connectivity index (χ0v) is 20.3. The summed E-state index contributed by atoms with van der Waals surface area (Å²) in [6.07, 6.45) is 17.9. The lowest BCUT2D eigenvalue weighted by molar-refractivity contribution is -0.138. The fourth-order valence-corrected chi connectivity index (χ4v) is 5.96. The van der Waals surface area contributed by atoms with E-state index in [9.17, 15) is 4.79 Å². The van der Waals surface area contributed by atoms with Gasteiger partial charge in [0.2, 0.25) is 0 Å². The van der Waals surface area contributed by atoms with Crippen molar-refractivity contribution in [2.24, 2.45) is 23.5 Å². The number of carbonyl (C=O) groups excluding carboxylic acids is 1. The molecule has 0 bridgehead atoms. The van der Waals surface area contributed by atoms with Crippen molar-refractivity contribution in [1.29, 1.82) is 0 Å². The number of ether oxygens (including phenoxy) is 1. The molecule has 0 aliphatic heterocycles. The maximum Gasteiger partial charge on any atom is 0.334 e. The SMILES string of the molecule is C=C(CN)C(=O)OCCc1ccc(C2CCC(C3CCC(CCCCC)CC3)CC2)cc1. The summed E-state index contributed by atoms with van der Waals surface area (Å²) < 4.78 is 5.23. The summed E-state index contributed by atoms with van der Waals surface area (Å²) in [4.78, 5) is 11.6. The molecule has 0 aromatic heterocycles. The Morgan fingerprint density at radius 3 is 2.19 bits per heavy atom. The number of nitrogens with two attached hydrogens (primary N) is 1.